The number of ether oxygens (including phenoxy) is 6. The SMILES string of the molecule is CC/C=C\C/C=C\C/C=C\C/C=C\C/C=C\CCCCCCCCCCCCCCCCCCCCCCCCCC(=O)NC(COC1OC(CO)C(OC2OC(CO)C(OC3OC(CO)C(O)C(O)C3O)C(O)C2O)C(O)C1O)C(O)/C=C/CC/C=C/CC/C=C/CCCCCCCCCCC. The molecule has 3 aliphatic heterocycles. The number of aliphatic hydroxyl groups is 11. The summed E-state index contributed by atoms with van der Waals surface area (Å²) >= 11 is 0. The lowest BCUT2D eigenvalue weighted by atomic mass is 9.96. The molecule has 0 aliphatic carbocycles. The molecular formula is C84H147NO18. The Bertz CT molecular complexity index is 2240. The van der Waals surface area contributed by atoms with Crippen LogP contribution in [0.4, 0.5) is 0 Å². The summed E-state index contributed by atoms with van der Waals surface area (Å²) < 4.78 is 34.4. The Labute approximate surface area is 622 Å². The average molecular weight is 1460 g/mol. The third kappa shape index (κ3) is 43.5. The minimum atomic E-state index is -1.99. The van der Waals surface area contributed by atoms with Gasteiger partial charge in [0.15, 0.2) is 18.9 Å². The highest BCUT2D eigenvalue weighted by atomic mass is 16.8. The van der Waals surface area contributed by atoms with Gasteiger partial charge < -0.3 is 89.9 Å². The van der Waals surface area contributed by atoms with Gasteiger partial charge in [0.05, 0.1) is 38.6 Å². The van der Waals surface area contributed by atoms with Crippen molar-refractivity contribution in [3.8, 4) is 0 Å². The smallest absolute Gasteiger partial charge is 0.220 e. The van der Waals surface area contributed by atoms with Gasteiger partial charge >= 0.3 is 0 Å². The summed E-state index contributed by atoms with van der Waals surface area (Å²) in [7, 11) is 0. The lowest BCUT2D eigenvalue weighted by molar-refractivity contribution is -0.379. The molecule has 0 bridgehead atoms. The highest BCUT2D eigenvalue weighted by molar-refractivity contribution is 5.76. The van der Waals surface area contributed by atoms with Gasteiger partial charge in [-0.2, -0.15) is 0 Å². The van der Waals surface area contributed by atoms with Gasteiger partial charge in [-0.3, -0.25) is 4.79 Å². The number of amides is 1. The second kappa shape index (κ2) is 63.6. The van der Waals surface area contributed by atoms with Gasteiger partial charge in [-0.15, -0.1) is 0 Å². The molecule has 17 atom stereocenters. The lowest BCUT2D eigenvalue weighted by Crippen LogP contribution is -2.66. The zero-order chi connectivity index (χ0) is 74.6. The summed E-state index contributed by atoms with van der Waals surface area (Å²) in [5, 5.41) is 121. The third-order valence-corrected chi connectivity index (χ3v) is 19.8. The van der Waals surface area contributed by atoms with Crippen molar-refractivity contribution in [3.05, 3.63) is 97.2 Å². The molecule has 17 unspecified atom stereocenters. The molecule has 0 aromatic carbocycles. The van der Waals surface area contributed by atoms with Gasteiger partial charge in [-0.05, 0) is 89.9 Å². The van der Waals surface area contributed by atoms with E-state index in [0.717, 1.165) is 77.0 Å². The predicted octanol–water partition coefficient (Wildman–Crippen LogP) is 14.0. The molecule has 0 radical (unpaired) electrons. The second-order valence-electron chi connectivity index (χ2n) is 28.8. The molecule has 103 heavy (non-hydrogen) atoms. The van der Waals surface area contributed by atoms with Crippen LogP contribution in [0.3, 0.4) is 0 Å². The molecule has 3 fully saturated rings. The summed E-state index contributed by atoms with van der Waals surface area (Å²) in [5.74, 6) is -0.287. The van der Waals surface area contributed by atoms with Crippen molar-refractivity contribution in [2.24, 2.45) is 0 Å². The maximum absolute atomic E-state index is 13.5. The molecule has 3 aliphatic rings. The van der Waals surface area contributed by atoms with E-state index in [1.54, 1.807) is 6.08 Å². The van der Waals surface area contributed by atoms with Gasteiger partial charge in [0, 0.05) is 6.42 Å². The average Bonchev–Trinajstić information content (AvgIpc) is 0.781. The Balaban J connectivity index is 1.32. The molecule has 0 saturated carbocycles. The monoisotopic (exact) mass is 1460 g/mol. The van der Waals surface area contributed by atoms with Gasteiger partial charge in [0.25, 0.3) is 0 Å². The van der Waals surface area contributed by atoms with E-state index in [-0.39, 0.29) is 18.9 Å². The first-order chi connectivity index (χ1) is 50.3. The molecule has 596 valence electrons. The van der Waals surface area contributed by atoms with Crippen LogP contribution in [0.15, 0.2) is 97.2 Å². The fourth-order valence-electron chi connectivity index (χ4n) is 13.3. The third-order valence-electron chi connectivity index (χ3n) is 19.8. The first kappa shape index (κ1) is 93.9. The first-order valence-electron chi connectivity index (χ1n) is 41.0. The highest BCUT2D eigenvalue weighted by Crippen LogP contribution is 2.33. The van der Waals surface area contributed by atoms with Crippen LogP contribution in [0.2, 0.25) is 0 Å². The van der Waals surface area contributed by atoms with Crippen LogP contribution in [0, 0.1) is 0 Å². The number of hydrogen-bond acceptors (Lipinski definition) is 18. The summed E-state index contributed by atoms with van der Waals surface area (Å²) in [6, 6.07) is -1.000. The van der Waals surface area contributed by atoms with Gasteiger partial charge in [0.1, 0.15) is 73.2 Å². The highest BCUT2D eigenvalue weighted by Gasteiger charge is 2.54. The number of aliphatic hydroxyl groups excluding tert-OH is 11. The summed E-state index contributed by atoms with van der Waals surface area (Å²) in [5.41, 5.74) is 0. The number of hydrogen-bond donors (Lipinski definition) is 12. The Morgan fingerprint density at radius 1 is 0.359 bits per heavy atom. The molecule has 0 spiro atoms. The van der Waals surface area contributed by atoms with Gasteiger partial charge in [0.2, 0.25) is 5.91 Å². The molecule has 19 nitrogen and oxygen atoms in total. The fourth-order valence-corrected chi connectivity index (χ4v) is 13.3. The second-order valence-corrected chi connectivity index (χ2v) is 28.8. The number of unbranched alkanes of at least 4 members (excludes halogenated alkanes) is 34. The summed E-state index contributed by atoms with van der Waals surface area (Å²) in [6.45, 7) is 1.61. The normalized spacial score (nSPS) is 26.6. The Morgan fingerprint density at radius 2 is 0.680 bits per heavy atom. The van der Waals surface area contributed by atoms with Gasteiger partial charge in [-0.1, -0.05) is 297 Å². The zero-order valence-electron chi connectivity index (χ0n) is 63.8. The van der Waals surface area contributed by atoms with Crippen LogP contribution in [0.1, 0.15) is 296 Å². The zero-order valence-corrected chi connectivity index (χ0v) is 63.8. The van der Waals surface area contributed by atoms with E-state index in [1.165, 1.54) is 186 Å². The Morgan fingerprint density at radius 3 is 1.09 bits per heavy atom. The van der Waals surface area contributed by atoms with Crippen molar-refractivity contribution in [1.29, 1.82) is 0 Å². The summed E-state index contributed by atoms with van der Waals surface area (Å²) in [4.78, 5) is 13.5. The van der Waals surface area contributed by atoms with Crippen molar-refractivity contribution in [2.45, 2.75) is 401 Å². The maximum Gasteiger partial charge on any atom is 0.220 e. The first-order valence-corrected chi connectivity index (χ1v) is 41.0. The van der Waals surface area contributed by atoms with Crippen molar-refractivity contribution in [2.75, 3.05) is 26.4 Å². The van der Waals surface area contributed by atoms with Crippen molar-refractivity contribution < 1.29 is 89.4 Å². The molecule has 0 aromatic heterocycles. The summed E-state index contributed by atoms with van der Waals surface area (Å²) in [6.07, 6.45) is 59.8. The molecule has 12 N–H and O–H groups in total. The Hall–Kier alpha value is -3.29. The molecule has 3 saturated heterocycles. The van der Waals surface area contributed by atoms with Crippen molar-refractivity contribution in [3.63, 3.8) is 0 Å². The van der Waals surface area contributed by atoms with E-state index in [4.69, 9.17) is 28.4 Å². The quantitative estimate of drug-likeness (QED) is 0.0199. The number of carbonyl (C=O) groups excluding carboxylic acids is 1. The number of carbonyl (C=O) groups is 1. The molecule has 0 aromatic rings. The van der Waals surface area contributed by atoms with Crippen LogP contribution in [0.5, 0.6) is 0 Å². The van der Waals surface area contributed by atoms with E-state index in [0.29, 0.717) is 12.8 Å². The largest absolute Gasteiger partial charge is 0.394 e. The van der Waals surface area contributed by atoms with E-state index in [2.05, 4.69) is 104 Å². The molecule has 19 heteroatoms. The van der Waals surface area contributed by atoms with E-state index in [1.807, 2.05) is 6.08 Å². The van der Waals surface area contributed by atoms with Crippen LogP contribution in [0.25, 0.3) is 0 Å². The van der Waals surface area contributed by atoms with Crippen LogP contribution < -0.4 is 5.32 Å². The predicted molar refractivity (Wildman–Crippen MR) is 411 cm³/mol. The number of nitrogens with one attached hydrogen (secondary N) is 1. The van der Waals surface area contributed by atoms with Crippen LogP contribution >= 0.6 is 0 Å². The number of rotatable bonds is 64. The van der Waals surface area contributed by atoms with Crippen LogP contribution in [-0.2, 0) is 33.2 Å². The molecule has 1 amide bonds. The van der Waals surface area contributed by atoms with Crippen molar-refractivity contribution in [1.82, 2.24) is 5.32 Å². The molecule has 3 rings (SSSR count). The number of allylic oxidation sites excluding steroid dienone is 15. The Kier molecular flexibility index (Phi) is 58.0. The maximum atomic E-state index is 13.5. The van der Waals surface area contributed by atoms with E-state index >= 15 is 0 Å². The van der Waals surface area contributed by atoms with Crippen LogP contribution in [-0.4, -0.2) is 193 Å². The minimum absolute atomic E-state index is 0.231. The molecular weight excluding hydrogens is 1310 g/mol. The molecule has 3 heterocycles. The van der Waals surface area contributed by atoms with E-state index < -0.39 is 124 Å². The van der Waals surface area contributed by atoms with Gasteiger partial charge in [-0.25, -0.2) is 0 Å². The van der Waals surface area contributed by atoms with Crippen molar-refractivity contribution >= 4 is 5.91 Å². The standard InChI is InChI=1S/C84H147NO18/c1-3-5-7-9-11-13-15-17-19-21-23-24-25-26-27-28-29-30-31-32-33-34-35-36-37-38-39-40-41-42-44-46-48-50-52-54-56-58-60-62-72(90)85-67(68(89)61-59-57-55-53-51-49-47-45-43-22-20-18-16-14-12-10-8-6-4-2)66-98-82-78(96)75(93)80(70(64-87)100-82)103-84-79(97)76(94)81(71(65-88)101-84)102-83-77(95)74(92)73(91)69(63-86)99-83/h5,7,11,13,17,19,23-24,26-27,43,45,51,53,59,61,67-71,73-84,86-89,91-97H,3-4,6,8-10,12,14-16,18,20-22,25,28-42,44,46-50,52,54-58,60,62-66H2,1-2H3,(H,85,90)/b7-5-,13-11-,19-17-,24-23-,27-26-,45-43+,53-51+,61-59+. The lowest BCUT2D eigenvalue weighted by Gasteiger charge is -2.48. The fraction of sp³-hybridized carbons (Fsp3) is 0.798. The topological polar surface area (TPSA) is 307 Å². The van der Waals surface area contributed by atoms with E-state index in [9.17, 15) is 61.0 Å². The minimum Gasteiger partial charge on any atom is -0.394 e.